The molecule has 140 valence electrons. The summed E-state index contributed by atoms with van der Waals surface area (Å²) in [5.41, 5.74) is 0.0465. The number of carboxylic acid groups (broad SMARTS) is 1. The second-order valence-corrected chi connectivity index (χ2v) is 7.20. The van der Waals surface area contributed by atoms with E-state index in [1.54, 1.807) is 11.3 Å². The van der Waals surface area contributed by atoms with Gasteiger partial charge in [-0.15, -0.1) is 11.3 Å². The molecule has 1 aromatic rings. The number of hydrogen-bond donors (Lipinski definition) is 2. The Morgan fingerprint density at radius 3 is 2.64 bits per heavy atom. The van der Waals surface area contributed by atoms with Crippen molar-refractivity contribution in [2.45, 2.75) is 50.4 Å². The molecule has 1 spiro atoms. The molecule has 1 unspecified atom stereocenters. The molecule has 2 fully saturated rings. The van der Waals surface area contributed by atoms with Gasteiger partial charge < -0.3 is 10.4 Å². The van der Waals surface area contributed by atoms with Gasteiger partial charge in [0, 0.05) is 24.5 Å². The van der Waals surface area contributed by atoms with Gasteiger partial charge in [-0.05, 0) is 32.2 Å². The number of carboxylic acids is 1. The number of carbonyl (C=O) groups is 2. The maximum Gasteiger partial charge on any atom is 0.490 e. The smallest absolute Gasteiger partial charge is 0.475 e. The number of nitrogens with zero attached hydrogens (tertiary/aromatic N) is 2. The highest BCUT2D eigenvalue weighted by Gasteiger charge is 2.39. The summed E-state index contributed by atoms with van der Waals surface area (Å²) in [6.45, 7) is 3.03. The average molecular weight is 379 g/mol. The van der Waals surface area contributed by atoms with E-state index in [2.05, 4.69) is 15.2 Å². The third-order valence-corrected chi connectivity index (χ3v) is 4.97. The maximum absolute atomic E-state index is 11.6. The molecular weight excluding hydrogens is 359 g/mol. The van der Waals surface area contributed by atoms with Crippen LogP contribution < -0.4 is 5.32 Å². The Hall–Kier alpha value is -1.68. The predicted octanol–water partition coefficient (Wildman–Crippen LogP) is 2.41. The van der Waals surface area contributed by atoms with E-state index in [1.165, 1.54) is 11.4 Å². The minimum absolute atomic E-state index is 0.0465. The van der Waals surface area contributed by atoms with Crippen molar-refractivity contribution in [3.05, 3.63) is 16.6 Å². The lowest BCUT2D eigenvalue weighted by atomic mass is 9.81. The quantitative estimate of drug-likeness (QED) is 0.825. The number of piperidine rings is 2. The second kappa shape index (κ2) is 8.13. The summed E-state index contributed by atoms with van der Waals surface area (Å²) >= 11 is 1.71. The second-order valence-electron chi connectivity index (χ2n) is 6.23. The van der Waals surface area contributed by atoms with Crippen LogP contribution in [0.3, 0.4) is 0 Å². The molecule has 25 heavy (non-hydrogen) atoms. The van der Waals surface area contributed by atoms with Gasteiger partial charge in [0.1, 0.15) is 5.01 Å². The van der Waals surface area contributed by atoms with Crippen LogP contribution in [0.25, 0.3) is 0 Å². The largest absolute Gasteiger partial charge is 0.490 e. The van der Waals surface area contributed by atoms with Crippen LogP contribution in [-0.2, 0) is 16.1 Å². The first-order valence-corrected chi connectivity index (χ1v) is 8.80. The third kappa shape index (κ3) is 5.96. The lowest BCUT2D eigenvalue weighted by Gasteiger charge is -2.45. The molecule has 2 aliphatic heterocycles. The number of hydrogen-bond acceptors (Lipinski definition) is 5. The number of aliphatic carboxylic acids is 1. The first kappa shape index (κ1) is 19.6. The number of amides is 1. The summed E-state index contributed by atoms with van der Waals surface area (Å²) in [5.74, 6) is -2.52. The van der Waals surface area contributed by atoms with Crippen molar-refractivity contribution < 1.29 is 27.9 Å². The number of likely N-dealkylation sites (tertiary alicyclic amines) is 1. The molecule has 6 nitrogen and oxygen atoms in total. The third-order valence-electron chi connectivity index (χ3n) is 4.20. The summed E-state index contributed by atoms with van der Waals surface area (Å²) in [6, 6.07) is 0. The molecule has 1 atom stereocenters. The Morgan fingerprint density at radius 2 is 2.08 bits per heavy atom. The van der Waals surface area contributed by atoms with Gasteiger partial charge in [-0.1, -0.05) is 0 Å². The fraction of sp³-hybridized carbons (Fsp3) is 0.667. The molecule has 1 aromatic heterocycles. The van der Waals surface area contributed by atoms with Crippen molar-refractivity contribution in [3.63, 3.8) is 0 Å². The first-order chi connectivity index (χ1) is 11.7. The highest BCUT2D eigenvalue weighted by Crippen LogP contribution is 2.30. The van der Waals surface area contributed by atoms with Crippen LogP contribution in [0.1, 0.15) is 37.1 Å². The summed E-state index contributed by atoms with van der Waals surface area (Å²) in [7, 11) is 0. The monoisotopic (exact) mass is 379 g/mol. The van der Waals surface area contributed by atoms with Crippen molar-refractivity contribution in [1.82, 2.24) is 15.2 Å². The molecule has 0 aliphatic carbocycles. The van der Waals surface area contributed by atoms with Crippen LogP contribution in [0.2, 0.25) is 0 Å². The zero-order valence-corrected chi connectivity index (χ0v) is 14.3. The van der Waals surface area contributed by atoms with Gasteiger partial charge in [-0.25, -0.2) is 9.78 Å². The SMILES string of the molecule is O=C(O)C(F)(F)F.O=C1CCCC2(CCCN(Cc3nccs3)C2)N1. The van der Waals surface area contributed by atoms with E-state index < -0.39 is 12.1 Å². The van der Waals surface area contributed by atoms with E-state index in [0.717, 1.165) is 38.9 Å². The van der Waals surface area contributed by atoms with Gasteiger partial charge in [0.15, 0.2) is 0 Å². The van der Waals surface area contributed by atoms with Crippen molar-refractivity contribution in [1.29, 1.82) is 0 Å². The van der Waals surface area contributed by atoms with Gasteiger partial charge in [-0.2, -0.15) is 13.2 Å². The fourth-order valence-corrected chi connectivity index (χ4v) is 3.86. The van der Waals surface area contributed by atoms with Crippen LogP contribution in [-0.4, -0.2) is 51.7 Å². The number of nitrogens with one attached hydrogen (secondary N) is 1. The Morgan fingerprint density at radius 1 is 1.40 bits per heavy atom. The van der Waals surface area contributed by atoms with Crippen LogP contribution in [0.5, 0.6) is 0 Å². The van der Waals surface area contributed by atoms with Gasteiger partial charge in [0.2, 0.25) is 5.91 Å². The molecule has 10 heteroatoms. The molecule has 2 saturated heterocycles. The predicted molar refractivity (Wildman–Crippen MR) is 85.0 cm³/mol. The minimum atomic E-state index is -5.08. The Bertz CT molecular complexity index is 591. The van der Waals surface area contributed by atoms with E-state index in [-0.39, 0.29) is 11.4 Å². The standard InChI is InChI=1S/C13H19N3OS.C2HF3O2/c17-11-3-1-4-13(15-11)5-2-7-16(10-13)9-12-14-6-8-18-12;3-2(4,5)1(6)7/h6,8H,1-5,7,9-10H2,(H,15,17);(H,6,7). The first-order valence-electron chi connectivity index (χ1n) is 7.92. The number of carbonyl (C=O) groups excluding carboxylic acids is 1. The molecule has 3 heterocycles. The molecule has 3 rings (SSSR count). The summed E-state index contributed by atoms with van der Waals surface area (Å²) in [5, 5.41) is 13.6. The van der Waals surface area contributed by atoms with E-state index in [9.17, 15) is 18.0 Å². The van der Waals surface area contributed by atoms with Crippen LogP contribution >= 0.6 is 11.3 Å². The highest BCUT2D eigenvalue weighted by atomic mass is 32.1. The molecule has 2 N–H and O–H groups in total. The lowest BCUT2D eigenvalue weighted by molar-refractivity contribution is -0.192. The summed E-state index contributed by atoms with van der Waals surface area (Å²) in [4.78, 5) is 27.3. The van der Waals surface area contributed by atoms with E-state index in [4.69, 9.17) is 9.90 Å². The normalized spacial score (nSPS) is 24.4. The Labute approximate surface area is 147 Å². The molecule has 0 aromatic carbocycles. The Balaban J connectivity index is 0.000000277. The molecule has 0 saturated carbocycles. The molecule has 2 aliphatic rings. The Kier molecular flexibility index (Phi) is 6.39. The van der Waals surface area contributed by atoms with Crippen molar-refractivity contribution in [3.8, 4) is 0 Å². The zero-order valence-electron chi connectivity index (χ0n) is 13.5. The van der Waals surface area contributed by atoms with Crippen LogP contribution in [0.15, 0.2) is 11.6 Å². The summed E-state index contributed by atoms with van der Waals surface area (Å²) in [6.07, 6.45) is 1.96. The van der Waals surface area contributed by atoms with E-state index >= 15 is 0 Å². The van der Waals surface area contributed by atoms with Crippen molar-refractivity contribution >= 4 is 23.2 Å². The van der Waals surface area contributed by atoms with E-state index in [1.807, 2.05) is 11.6 Å². The number of halogens is 3. The van der Waals surface area contributed by atoms with Crippen LogP contribution in [0, 0.1) is 0 Å². The van der Waals surface area contributed by atoms with Gasteiger partial charge >= 0.3 is 12.1 Å². The summed E-state index contributed by atoms with van der Waals surface area (Å²) < 4.78 is 31.7. The van der Waals surface area contributed by atoms with Gasteiger partial charge in [0.05, 0.1) is 12.1 Å². The molecule has 0 radical (unpaired) electrons. The highest BCUT2D eigenvalue weighted by molar-refractivity contribution is 7.09. The minimum Gasteiger partial charge on any atom is -0.475 e. The van der Waals surface area contributed by atoms with Crippen molar-refractivity contribution in [2.75, 3.05) is 13.1 Å². The topological polar surface area (TPSA) is 82.5 Å². The lowest BCUT2D eigenvalue weighted by Crippen LogP contribution is -2.60. The van der Waals surface area contributed by atoms with E-state index in [0.29, 0.717) is 6.42 Å². The van der Waals surface area contributed by atoms with Crippen molar-refractivity contribution in [2.24, 2.45) is 0 Å². The number of thiazole rings is 1. The number of aromatic nitrogens is 1. The molecule has 1 amide bonds. The fourth-order valence-electron chi connectivity index (χ4n) is 3.20. The number of rotatable bonds is 2. The number of alkyl halides is 3. The van der Waals surface area contributed by atoms with Crippen LogP contribution in [0.4, 0.5) is 13.2 Å². The maximum atomic E-state index is 11.6. The van der Waals surface area contributed by atoms with Gasteiger partial charge in [-0.3, -0.25) is 9.69 Å². The average Bonchev–Trinajstić information content (AvgIpc) is 2.99. The van der Waals surface area contributed by atoms with Gasteiger partial charge in [0.25, 0.3) is 0 Å². The zero-order chi connectivity index (χ0) is 18.5. The molecular formula is C15H20F3N3O3S. The molecule has 0 bridgehead atoms.